The fraction of sp³-hybridized carbons (Fsp3) is 0.947. The second-order valence-corrected chi connectivity index (χ2v) is 8.38. The van der Waals surface area contributed by atoms with E-state index in [4.69, 9.17) is 5.73 Å². The first kappa shape index (κ1) is 17.2. The second kappa shape index (κ2) is 7.52. The Balaban J connectivity index is 1.49. The molecule has 1 aliphatic heterocycles. The predicted molar refractivity (Wildman–Crippen MR) is 94.1 cm³/mol. The molecule has 3 atom stereocenters. The highest BCUT2D eigenvalue weighted by Gasteiger charge is 2.41. The number of hydrogen-bond acceptors (Lipinski definition) is 3. The van der Waals surface area contributed by atoms with E-state index in [2.05, 4.69) is 11.9 Å². The summed E-state index contributed by atoms with van der Waals surface area (Å²) < 4.78 is 0. The van der Waals surface area contributed by atoms with Gasteiger partial charge in [0.1, 0.15) is 0 Å². The smallest absolute Gasteiger partial charge is 0.225 e. The van der Waals surface area contributed by atoms with Crippen molar-refractivity contribution >= 4 is 5.91 Å². The van der Waals surface area contributed by atoms with Crippen LogP contribution in [0.1, 0.15) is 57.8 Å². The zero-order valence-corrected chi connectivity index (χ0v) is 15.0. The molecule has 3 fully saturated rings. The van der Waals surface area contributed by atoms with Crippen molar-refractivity contribution in [3.63, 3.8) is 0 Å². The van der Waals surface area contributed by atoms with Gasteiger partial charge in [-0.2, -0.15) is 0 Å². The van der Waals surface area contributed by atoms with E-state index >= 15 is 0 Å². The first-order valence-electron chi connectivity index (χ1n) is 9.77. The lowest BCUT2D eigenvalue weighted by molar-refractivity contribution is -0.137. The molecule has 0 aromatic rings. The van der Waals surface area contributed by atoms with Gasteiger partial charge in [-0.1, -0.05) is 12.8 Å². The van der Waals surface area contributed by atoms with E-state index in [1.54, 1.807) is 0 Å². The number of carbonyl (C=O) groups excluding carboxylic acids is 1. The molecule has 2 saturated carbocycles. The molecule has 23 heavy (non-hydrogen) atoms. The lowest BCUT2D eigenvalue weighted by Gasteiger charge is -2.44. The molecule has 2 bridgehead atoms. The standard InChI is InChI=1S/C19H35N3O/c1-21-10-4-3-8-17(21)9-11-22(2)19(23)16-12-14-6-5-7-15(13-16)18(14)20/h14-18H,3-13,20H2,1-2H3. The number of fused-ring (bicyclic) bond motifs is 2. The summed E-state index contributed by atoms with van der Waals surface area (Å²) in [5.74, 6) is 1.80. The molecule has 1 saturated heterocycles. The summed E-state index contributed by atoms with van der Waals surface area (Å²) in [6.07, 6.45) is 10.9. The second-order valence-electron chi connectivity index (χ2n) is 8.38. The fourth-order valence-electron chi connectivity index (χ4n) is 5.26. The number of nitrogens with two attached hydrogens (primary N) is 1. The Labute approximate surface area is 141 Å². The Bertz CT molecular complexity index is 399. The quantitative estimate of drug-likeness (QED) is 0.865. The summed E-state index contributed by atoms with van der Waals surface area (Å²) in [4.78, 5) is 17.4. The van der Waals surface area contributed by atoms with Gasteiger partial charge in [0.05, 0.1) is 0 Å². The van der Waals surface area contributed by atoms with Gasteiger partial charge < -0.3 is 15.5 Å². The van der Waals surface area contributed by atoms with Gasteiger partial charge in [-0.3, -0.25) is 4.79 Å². The van der Waals surface area contributed by atoms with Crippen molar-refractivity contribution in [3.8, 4) is 0 Å². The maximum absolute atomic E-state index is 12.9. The molecule has 0 aromatic carbocycles. The molecule has 0 radical (unpaired) electrons. The van der Waals surface area contributed by atoms with Crippen LogP contribution in [0.15, 0.2) is 0 Å². The van der Waals surface area contributed by atoms with E-state index in [1.165, 1.54) is 45.1 Å². The first-order valence-corrected chi connectivity index (χ1v) is 9.77. The molecule has 0 aromatic heterocycles. The topological polar surface area (TPSA) is 49.6 Å². The molecular weight excluding hydrogens is 286 g/mol. The van der Waals surface area contributed by atoms with Crippen molar-refractivity contribution < 1.29 is 4.79 Å². The van der Waals surface area contributed by atoms with Crippen molar-refractivity contribution in [1.29, 1.82) is 0 Å². The summed E-state index contributed by atoms with van der Waals surface area (Å²) in [5, 5.41) is 0. The van der Waals surface area contributed by atoms with Gasteiger partial charge in [0.25, 0.3) is 0 Å². The number of piperidine rings is 1. The average Bonchev–Trinajstić information content (AvgIpc) is 2.53. The summed E-state index contributed by atoms with van der Waals surface area (Å²) in [7, 11) is 4.24. The molecule has 3 rings (SSSR count). The van der Waals surface area contributed by atoms with Crippen molar-refractivity contribution in [3.05, 3.63) is 0 Å². The summed E-state index contributed by atoms with van der Waals surface area (Å²) in [5.41, 5.74) is 6.36. The van der Waals surface area contributed by atoms with E-state index in [1.807, 2.05) is 11.9 Å². The molecule has 3 unspecified atom stereocenters. The molecule has 3 aliphatic rings. The SMILES string of the molecule is CN(CCC1CCCCN1C)C(=O)C1CC2CCCC(C1)C2N. The van der Waals surface area contributed by atoms with E-state index in [9.17, 15) is 4.79 Å². The number of carbonyl (C=O) groups is 1. The van der Waals surface area contributed by atoms with Gasteiger partial charge in [0.2, 0.25) is 5.91 Å². The molecular formula is C19H35N3O. The Hall–Kier alpha value is -0.610. The minimum atomic E-state index is 0.235. The monoisotopic (exact) mass is 321 g/mol. The Kier molecular flexibility index (Phi) is 5.63. The molecule has 2 aliphatic carbocycles. The van der Waals surface area contributed by atoms with Gasteiger partial charge in [0, 0.05) is 31.6 Å². The van der Waals surface area contributed by atoms with Gasteiger partial charge in [-0.05, 0) is 70.4 Å². The lowest BCUT2D eigenvalue weighted by Crippen LogP contribution is -2.49. The van der Waals surface area contributed by atoms with E-state index in [0.717, 1.165) is 25.8 Å². The number of hydrogen-bond donors (Lipinski definition) is 1. The van der Waals surface area contributed by atoms with Crippen LogP contribution >= 0.6 is 0 Å². The molecule has 132 valence electrons. The maximum Gasteiger partial charge on any atom is 0.225 e. The van der Waals surface area contributed by atoms with Crippen molar-refractivity contribution in [2.45, 2.75) is 69.9 Å². The number of likely N-dealkylation sites (tertiary alicyclic amines) is 1. The van der Waals surface area contributed by atoms with E-state index < -0.39 is 0 Å². The zero-order chi connectivity index (χ0) is 16.4. The molecule has 4 nitrogen and oxygen atoms in total. The summed E-state index contributed by atoms with van der Waals surface area (Å²) >= 11 is 0. The van der Waals surface area contributed by atoms with Crippen molar-refractivity contribution in [2.75, 3.05) is 27.2 Å². The minimum Gasteiger partial charge on any atom is -0.345 e. The van der Waals surface area contributed by atoms with Gasteiger partial charge in [-0.25, -0.2) is 0 Å². The van der Waals surface area contributed by atoms with Crippen LogP contribution in [-0.2, 0) is 4.79 Å². The Morgan fingerprint density at radius 3 is 2.48 bits per heavy atom. The highest BCUT2D eigenvalue weighted by atomic mass is 16.2. The zero-order valence-electron chi connectivity index (χ0n) is 15.0. The van der Waals surface area contributed by atoms with E-state index in [-0.39, 0.29) is 5.92 Å². The third kappa shape index (κ3) is 3.90. The highest BCUT2D eigenvalue weighted by Crippen LogP contribution is 2.42. The normalized spacial score (nSPS) is 38.3. The van der Waals surface area contributed by atoms with Gasteiger partial charge in [0.15, 0.2) is 0 Å². The predicted octanol–water partition coefficient (Wildman–Crippen LogP) is 2.47. The van der Waals surface area contributed by atoms with Gasteiger partial charge >= 0.3 is 0 Å². The fourth-order valence-corrected chi connectivity index (χ4v) is 5.26. The number of amides is 1. The van der Waals surface area contributed by atoms with Gasteiger partial charge in [-0.15, -0.1) is 0 Å². The van der Waals surface area contributed by atoms with Crippen LogP contribution in [0.3, 0.4) is 0 Å². The first-order chi connectivity index (χ1) is 11.1. The number of rotatable bonds is 4. The molecule has 4 heteroatoms. The summed E-state index contributed by atoms with van der Waals surface area (Å²) in [6, 6.07) is 1.02. The lowest BCUT2D eigenvalue weighted by atomic mass is 9.65. The Morgan fingerprint density at radius 2 is 1.83 bits per heavy atom. The third-order valence-corrected chi connectivity index (χ3v) is 6.86. The van der Waals surface area contributed by atoms with Crippen LogP contribution in [0.2, 0.25) is 0 Å². The van der Waals surface area contributed by atoms with E-state index in [0.29, 0.717) is 29.8 Å². The van der Waals surface area contributed by atoms with Crippen molar-refractivity contribution in [1.82, 2.24) is 9.80 Å². The molecule has 2 N–H and O–H groups in total. The Morgan fingerprint density at radius 1 is 1.13 bits per heavy atom. The summed E-state index contributed by atoms with van der Waals surface area (Å²) in [6.45, 7) is 2.12. The average molecular weight is 322 g/mol. The molecule has 1 amide bonds. The van der Waals surface area contributed by atoms with Crippen LogP contribution in [0.25, 0.3) is 0 Å². The third-order valence-electron chi connectivity index (χ3n) is 6.86. The highest BCUT2D eigenvalue weighted by molar-refractivity contribution is 5.78. The van der Waals surface area contributed by atoms with Crippen LogP contribution in [0.5, 0.6) is 0 Å². The van der Waals surface area contributed by atoms with Crippen LogP contribution in [-0.4, -0.2) is 55.0 Å². The van der Waals surface area contributed by atoms with Crippen LogP contribution in [0, 0.1) is 17.8 Å². The largest absolute Gasteiger partial charge is 0.345 e. The number of nitrogens with zero attached hydrogens (tertiary/aromatic N) is 2. The van der Waals surface area contributed by atoms with Crippen LogP contribution in [0.4, 0.5) is 0 Å². The molecule has 1 heterocycles. The van der Waals surface area contributed by atoms with Crippen molar-refractivity contribution in [2.24, 2.45) is 23.5 Å². The van der Waals surface area contributed by atoms with Crippen LogP contribution < -0.4 is 5.73 Å². The minimum absolute atomic E-state index is 0.235. The maximum atomic E-state index is 12.9. The molecule has 0 spiro atoms.